The molecule has 0 bridgehead atoms. The van der Waals surface area contributed by atoms with Gasteiger partial charge in [0.2, 0.25) is 17.7 Å². The van der Waals surface area contributed by atoms with Crippen molar-refractivity contribution < 1.29 is 39.3 Å². The molecule has 0 heterocycles. The van der Waals surface area contributed by atoms with Gasteiger partial charge in [-0.3, -0.25) is 19.2 Å². The van der Waals surface area contributed by atoms with Gasteiger partial charge in [-0.2, -0.15) is 0 Å². The van der Waals surface area contributed by atoms with Gasteiger partial charge in [-0.15, -0.1) is 0 Å². The van der Waals surface area contributed by atoms with Crippen LogP contribution in [-0.2, 0) is 24.0 Å². The molecule has 0 rings (SSSR count). The summed E-state index contributed by atoms with van der Waals surface area (Å²) in [7, 11) is 0. The van der Waals surface area contributed by atoms with Crippen LogP contribution in [0.5, 0.6) is 0 Å². The second kappa shape index (κ2) is 15.9. The molecule has 190 valence electrons. The molecule has 13 nitrogen and oxygen atoms in total. The third kappa shape index (κ3) is 11.6. The summed E-state index contributed by atoms with van der Waals surface area (Å²) in [5.41, 5.74) is 11.1. The Morgan fingerprint density at radius 2 is 1.45 bits per heavy atom. The second-order valence-electron chi connectivity index (χ2n) is 7.84. The predicted octanol–water partition coefficient (Wildman–Crippen LogP) is -2.12. The lowest BCUT2D eigenvalue weighted by Crippen LogP contribution is -2.58. The number of carboxylic acid groups (broad SMARTS) is 2. The molecule has 0 saturated carbocycles. The Morgan fingerprint density at radius 1 is 0.879 bits per heavy atom. The van der Waals surface area contributed by atoms with Crippen LogP contribution in [0.4, 0.5) is 0 Å². The van der Waals surface area contributed by atoms with Gasteiger partial charge in [-0.25, -0.2) is 4.79 Å². The fourth-order valence-electron chi connectivity index (χ4n) is 2.85. The summed E-state index contributed by atoms with van der Waals surface area (Å²) < 4.78 is 0. The van der Waals surface area contributed by atoms with Crippen LogP contribution in [0, 0.1) is 5.92 Å². The van der Waals surface area contributed by atoms with Gasteiger partial charge in [-0.1, -0.05) is 20.3 Å². The van der Waals surface area contributed by atoms with Gasteiger partial charge in [0.1, 0.15) is 18.1 Å². The Kier molecular flexibility index (Phi) is 14.6. The van der Waals surface area contributed by atoms with E-state index in [2.05, 4.69) is 16.0 Å². The minimum Gasteiger partial charge on any atom is -0.481 e. The van der Waals surface area contributed by atoms with E-state index in [1.165, 1.54) is 0 Å². The number of amides is 3. The Bertz CT molecular complexity index is 675. The van der Waals surface area contributed by atoms with Crippen LogP contribution < -0.4 is 27.4 Å². The van der Waals surface area contributed by atoms with E-state index < -0.39 is 66.4 Å². The van der Waals surface area contributed by atoms with Crippen molar-refractivity contribution in [3.05, 3.63) is 0 Å². The van der Waals surface area contributed by atoms with Gasteiger partial charge >= 0.3 is 11.9 Å². The number of rotatable bonds is 17. The molecule has 0 aliphatic rings. The molecule has 5 atom stereocenters. The highest BCUT2D eigenvalue weighted by molar-refractivity contribution is 5.94. The van der Waals surface area contributed by atoms with E-state index in [4.69, 9.17) is 16.6 Å². The van der Waals surface area contributed by atoms with Crippen LogP contribution in [0.15, 0.2) is 0 Å². The van der Waals surface area contributed by atoms with Crippen molar-refractivity contribution in [2.24, 2.45) is 17.4 Å². The molecule has 33 heavy (non-hydrogen) atoms. The molecular weight excluding hydrogens is 438 g/mol. The zero-order valence-corrected chi connectivity index (χ0v) is 19.1. The minimum absolute atomic E-state index is 0.133. The molecule has 0 aliphatic carbocycles. The van der Waals surface area contributed by atoms with Gasteiger partial charge < -0.3 is 42.7 Å². The molecule has 3 amide bonds. The van der Waals surface area contributed by atoms with E-state index in [1.54, 1.807) is 13.8 Å². The van der Waals surface area contributed by atoms with Crippen molar-refractivity contribution in [3.63, 3.8) is 0 Å². The van der Waals surface area contributed by atoms with E-state index in [-0.39, 0.29) is 19.3 Å². The minimum atomic E-state index is -1.45. The Hall–Kier alpha value is -2.77. The third-order valence-corrected chi connectivity index (χ3v) is 5.18. The highest BCUT2D eigenvalue weighted by Gasteiger charge is 2.31. The fraction of sp³-hybridized carbons (Fsp3) is 0.750. The molecule has 0 saturated heterocycles. The first kappa shape index (κ1) is 30.2. The van der Waals surface area contributed by atoms with Gasteiger partial charge in [0.25, 0.3) is 0 Å². The summed E-state index contributed by atoms with van der Waals surface area (Å²) in [6, 6.07) is -4.93. The molecule has 0 aromatic rings. The quantitative estimate of drug-likeness (QED) is 0.106. The number of carbonyl (C=O) groups excluding carboxylic acids is 3. The van der Waals surface area contributed by atoms with Gasteiger partial charge in [-0.05, 0) is 38.1 Å². The van der Waals surface area contributed by atoms with Crippen LogP contribution in [0.1, 0.15) is 52.4 Å². The van der Waals surface area contributed by atoms with E-state index in [9.17, 15) is 34.2 Å². The summed E-state index contributed by atoms with van der Waals surface area (Å²) in [6.07, 6.45) is 1.20. The lowest BCUT2D eigenvalue weighted by Gasteiger charge is -2.25. The summed E-state index contributed by atoms with van der Waals surface area (Å²) in [4.78, 5) is 59.6. The highest BCUT2D eigenvalue weighted by atomic mass is 16.4. The van der Waals surface area contributed by atoms with Crippen molar-refractivity contribution in [1.29, 1.82) is 0 Å². The van der Waals surface area contributed by atoms with Gasteiger partial charge in [0.15, 0.2) is 0 Å². The molecule has 0 radical (unpaired) electrons. The Morgan fingerprint density at radius 3 is 1.94 bits per heavy atom. The molecule has 5 unspecified atom stereocenters. The third-order valence-electron chi connectivity index (χ3n) is 5.18. The number of hydrogen-bond acceptors (Lipinski definition) is 8. The maximum absolute atomic E-state index is 12.7. The normalized spacial score (nSPS) is 15.4. The first-order valence-corrected chi connectivity index (χ1v) is 10.9. The summed E-state index contributed by atoms with van der Waals surface area (Å²) >= 11 is 0. The second-order valence-corrected chi connectivity index (χ2v) is 7.84. The zero-order valence-electron chi connectivity index (χ0n) is 19.1. The van der Waals surface area contributed by atoms with E-state index >= 15 is 0 Å². The lowest BCUT2D eigenvalue weighted by atomic mass is 9.99. The fourth-order valence-corrected chi connectivity index (χ4v) is 2.85. The molecule has 13 heteroatoms. The molecule has 0 fully saturated rings. The Labute approximate surface area is 192 Å². The molecular formula is C20H37N5O8. The van der Waals surface area contributed by atoms with Crippen LogP contribution in [0.3, 0.4) is 0 Å². The maximum atomic E-state index is 12.7. The molecule has 0 aliphatic heterocycles. The van der Waals surface area contributed by atoms with Crippen molar-refractivity contribution in [2.45, 2.75) is 76.5 Å². The van der Waals surface area contributed by atoms with Crippen molar-refractivity contribution in [2.75, 3.05) is 13.2 Å². The number of carbonyl (C=O) groups is 5. The van der Waals surface area contributed by atoms with Crippen LogP contribution in [-0.4, -0.2) is 82.3 Å². The largest absolute Gasteiger partial charge is 0.481 e. The van der Waals surface area contributed by atoms with Crippen LogP contribution >= 0.6 is 0 Å². The molecule has 10 N–H and O–H groups in total. The van der Waals surface area contributed by atoms with Crippen molar-refractivity contribution in [1.82, 2.24) is 16.0 Å². The van der Waals surface area contributed by atoms with Crippen LogP contribution in [0.25, 0.3) is 0 Å². The van der Waals surface area contributed by atoms with Crippen molar-refractivity contribution in [3.8, 4) is 0 Å². The van der Waals surface area contributed by atoms with E-state index in [0.29, 0.717) is 25.8 Å². The first-order valence-electron chi connectivity index (χ1n) is 10.9. The number of nitrogens with two attached hydrogens (primary N) is 2. The number of unbranched alkanes of at least 4 members (excludes halogenated alkanes) is 1. The maximum Gasteiger partial charge on any atom is 0.326 e. The van der Waals surface area contributed by atoms with E-state index in [1.807, 2.05) is 0 Å². The highest BCUT2D eigenvalue weighted by Crippen LogP contribution is 2.09. The summed E-state index contributed by atoms with van der Waals surface area (Å²) in [5, 5.41) is 34.7. The molecule has 0 aromatic heterocycles. The SMILES string of the molecule is CCC(C)C(NC(=O)C(CO)NC(=O)C(CCCCN)NC(=O)C(N)CCC(=O)O)C(=O)O. The summed E-state index contributed by atoms with van der Waals surface area (Å²) in [6.45, 7) is 2.95. The van der Waals surface area contributed by atoms with Crippen molar-refractivity contribution >= 4 is 29.7 Å². The average Bonchev–Trinajstić information content (AvgIpc) is 2.77. The predicted molar refractivity (Wildman–Crippen MR) is 118 cm³/mol. The smallest absolute Gasteiger partial charge is 0.326 e. The van der Waals surface area contributed by atoms with Gasteiger partial charge in [0, 0.05) is 6.42 Å². The number of carboxylic acids is 2. The topological polar surface area (TPSA) is 234 Å². The number of hydrogen-bond donors (Lipinski definition) is 8. The standard InChI is InChI=1S/C20H37N5O8/c1-3-11(2)16(20(32)33)25-19(31)14(10-26)24-18(30)13(6-4-5-9-21)23-17(29)12(22)7-8-15(27)28/h11-14,16,26H,3-10,21-22H2,1-2H3,(H,23,29)(H,24,30)(H,25,31)(H,27,28)(H,32,33). The number of aliphatic hydroxyl groups excluding tert-OH is 1. The van der Waals surface area contributed by atoms with E-state index in [0.717, 1.165) is 0 Å². The summed E-state index contributed by atoms with van der Waals surface area (Å²) in [5.74, 6) is -5.17. The average molecular weight is 476 g/mol. The number of aliphatic carboxylic acids is 2. The number of aliphatic hydroxyl groups is 1. The van der Waals surface area contributed by atoms with Gasteiger partial charge in [0.05, 0.1) is 12.6 Å². The Balaban J connectivity index is 5.27. The molecule has 0 aromatic carbocycles. The lowest BCUT2D eigenvalue weighted by molar-refractivity contribution is -0.144. The zero-order chi connectivity index (χ0) is 25.6. The molecule has 0 spiro atoms. The monoisotopic (exact) mass is 475 g/mol. The van der Waals surface area contributed by atoms with Crippen LogP contribution in [0.2, 0.25) is 0 Å². The number of nitrogens with one attached hydrogen (secondary N) is 3. The first-order chi connectivity index (χ1) is 15.5.